The molecule has 1 aromatic heterocycles. The van der Waals surface area contributed by atoms with Crippen molar-refractivity contribution in [1.82, 2.24) is 9.88 Å². The zero-order valence-electron chi connectivity index (χ0n) is 13.5. The van der Waals surface area contributed by atoms with Crippen molar-refractivity contribution in [3.05, 3.63) is 57.4 Å². The van der Waals surface area contributed by atoms with Crippen molar-refractivity contribution in [2.45, 2.75) is 25.0 Å². The molecule has 6 nitrogen and oxygen atoms in total. The van der Waals surface area contributed by atoms with E-state index < -0.39 is 12.2 Å². The fraction of sp³-hybridized carbons (Fsp3) is 0.333. The Hall–Kier alpha value is -1.87. The molecule has 0 saturated carbocycles. The average molecular weight is 454 g/mol. The van der Waals surface area contributed by atoms with Gasteiger partial charge in [-0.15, -0.1) is 0 Å². The first-order valence-corrected chi connectivity index (χ1v) is 9.11. The van der Waals surface area contributed by atoms with Crippen LogP contribution in [0.3, 0.4) is 0 Å². The summed E-state index contributed by atoms with van der Waals surface area (Å²) in [7, 11) is 0. The Labute approximate surface area is 159 Å². The number of pyridine rings is 1. The van der Waals surface area contributed by atoms with Gasteiger partial charge in [-0.2, -0.15) is 0 Å². The number of nitrogens with zero attached hydrogens (tertiary/aromatic N) is 2. The molecule has 1 aliphatic heterocycles. The van der Waals surface area contributed by atoms with E-state index in [9.17, 15) is 15.0 Å². The number of halogens is 1. The van der Waals surface area contributed by atoms with E-state index in [0.29, 0.717) is 5.56 Å². The second-order valence-corrected chi connectivity index (χ2v) is 7.27. The van der Waals surface area contributed by atoms with Gasteiger partial charge in [0.1, 0.15) is 11.9 Å². The minimum absolute atomic E-state index is 0.0135. The molecular weight excluding hydrogens is 435 g/mol. The van der Waals surface area contributed by atoms with Gasteiger partial charge in [0.2, 0.25) is 0 Å². The summed E-state index contributed by atoms with van der Waals surface area (Å²) in [5.41, 5.74) is 1.75. The number of hydrogen-bond donors (Lipinski definition) is 2. The quantitative estimate of drug-likeness (QED) is 0.679. The number of aryl methyl sites for hydroxylation is 1. The van der Waals surface area contributed by atoms with Crippen LogP contribution in [-0.2, 0) is 6.42 Å². The van der Waals surface area contributed by atoms with Crippen LogP contribution >= 0.6 is 22.6 Å². The normalized spacial score (nSPS) is 17.3. The molecule has 3 rings (SSSR count). The summed E-state index contributed by atoms with van der Waals surface area (Å²) in [6.07, 6.45) is 2.56. The fourth-order valence-corrected chi connectivity index (χ4v) is 3.46. The minimum Gasteiger partial charge on any atom is -0.488 e. The lowest BCUT2D eigenvalue weighted by atomic mass is 10.0. The first kappa shape index (κ1) is 17.9. The van der Waals surface area contributed by atoms with Crippen LogP contribution in [0.25, 0.3) is 0 Å². The van der Waals surface area contributed by atoms with Crippen LogP contribution in [-0.4, -0.2) is 45.4 Å². The standard InChI is InChI=1S/C18H19IN2O4/c19-14-4-6-17-12(8-14)3-5-15(25-17)10-21(18(23)24)11-16(22)13-2-1-7-20-9-13/h1-2,4,6-9,15-16,22H,3,5,10-11H2,(H,23,24)/t15-,16?/m0/s1. The lowest BCUT2D eigenvalue weighted by Gasteiger charge is -2.31. The molecule has 0 spiro atoms. The second-order valence-electron chi connectivity index (χ2n) is 6.02. The fourth-order valence-electron chi connectivity index (χ4n) is 2.91. The van der Waals surface area contributed by atoms with Gasteiger partial charge in [0.05, 0.1) is 19.2 Å². The van der Waals surface area contributed by atoms with Gasteiger partial charge < -0.3 is 19.8 Å². The Balaban J connectivity index is 1.64. The topological polar surface area (TPSA) is 82.9 Å². The Kier molecular flexibility index (Phi) is 5.74. The number of rotatable bonds is 5. The van der Waals surface area contributed by atoms with E-state index in [0.717, 1.165) is 27.7 Å². The van der Waals surface area contributed by atoms with Crippen molar-refractivity contribution in [3.63, 3.8) is 0 Å². The number of hydrogen-bond acceptors (Lipinski definition) is 4. The van der Waals surface area contributed by atoms with Crippen LogP contribution in [0, 0.1) is 3.57 Å². The number of aromatic nitrogens is 1. The largest absolute Gasteiger partial charge is 0.488 e. The van der Waals surface area contributed by atoms with Crippen molar-refractivity contribution >= 4 is 28.7 Å². The summed E-state index contributed by atoms with van der Waals surface area (Å²) in [6.45, 7) is 0.207. The predicted octanol–water partition coefficient (Wildman–Crippen LogP) is 3.09. The molecule has 7 heteroatoms. The van der Waals surface area contributed by atoms with Crippen LogP contribution in [0.15, 0.2) is 42.7 Å². The SMILES string of the molecule is O=C(O)N(CC(O)c1cccnc1)C[C@@H]1CCc2cc(I)ccc2O1. The number of aliphatic hydroxyl groups is 1. The van der Waals surface area contributed by atoms with Crippen LogP contribution in [0.5, 0.6) is 5.75 Å². The van der Waals surface area contributed by atoms with Crippen molar-refractivity contribution in [2.75, 3.05) is 13.1 Å². The first-order valence-electron chi connectivity index (χ1n) is 8.04. The van der Waals surface area contributed by atoms with E-state index in [1.807, 2.05) is 12.1 Å². The van der Waals surface area contributed by atoms with Gasteiger partial charge in [0.15, 0.2) is 0 Å². The maximum atomic E-state index is 11.6. The molecule has 0 bridgehead atoms. The third-order valence-corrected chi connectivity index (χ3v) is 4.88. The van der Waals surface area contributed by atoms with E-state index in [4.69, 9.17) is 4.74 Å². The van der Waals surface area contributed by atoms with Gasteiger partial charge in [0, 0.05) is 21.5 Å². The Morgan fingerprint density at radius 1 is 1.44 bits per heavy atom. The molecule has 0 saturated heterocycles. The molecule has 25 heavy (non-hydrogen) atoms. The highest BCUT2D eigenvalue weighted by atomic mass is 127. The van der Waals surface area contributed by atoms with Crippen molar-refractivity contribution in [1.29, 1.82) is 0 Å². The highest BCUT2D eigenvalue weighted by Gasteiger charge is 2.26. The highest BCUT2D eigenvalue weighted by Crippen LogP contribution is 2.29. The average Bonchev–Trinajstić information content (AvgIpc) is 2.61. The molecule has 132 valence electrons. The molecule has 2 atom stereocenters. The molecule has 1 aromatic carbocycles. The number of aliphatic hydroxyl groups excluding tert-OH is 1. The third kappa shape index (κ3) is 4.60. The Bertz CT molecular complexity index is 741. The van der Waals surface area contributed by atoms with Gasteiger partial charge in [0.25, 0.3) is 0 Å². The Morgan fingerprint density at radius 2 is 2.28 bits per heavy atom. The van der Waals surface area contributed by atoms with E-state index in [1.54, 1.807) is 24.5 Å². The molecule has 2 heterocycles. The number of carbonyl (C=O) groups is 1. The van der Waals surface area contributed by atoms with E-state index in [2.05, 4.69) is 33.6 Å². The van der Waals surface area contributed by atoms with Crippen molar-refractivity contribution < 1.29 is 19.7 Å². The lowest BCUT2D eigenvalue weighted by Crippen LogP contribution is -2.42. The van der Waals surface area contributed by atoms with Crippen LogP contribution in [0.2, 0.25) is 0 Å². The zero-order valence-corrected chi connectivity index (χ0v) is 15.7. The van der Waals surface area contributed by atoms with Crippen molar-refractivity contribution in [3.8, 4) is 5.75 Å². The highest BCUT2D eigenvalue weighted by molar-refractivity contribution is 14.1. The van der Waals surface area contributed by atoms with Crippen molar-refractivity contribution in [2.24, 2.45) is 0 Å². The zero-order chi connectivity index (χ0) is 17.8. The summed E-state index contributed by atoms with van der Waals surface area (Å²) < 4.78 is 7.11. The number of fused-ring (bicyclic) bond motifs is 1. The number of carboxylic acid groups (broad SMARTS) is 1. The first-order chi connectivity index (χ1) is 12.0. The smallest absolute Gasteiger partial charge is 0.407 e. The monoisotopic (exact) mass is 454 g/mol. The number of amides is 1. The summed E-state index contributed by atoms with van der Waals surface area (Å²) in [4.78, 5) is 16.7. The van der Waals surface area contributed by atoms with Gasteiger partial charge >= 0.3 is 6.09 Å². The molecule has 0 radical (unpaired) electrons. The summed E-state index contributed by atoms with van der Waals surface area (Å²) in [5, 5.41) is 19.7. The van der Waals surface area contributed by atoms with Gasteiger partial charge in [-0.25, -0.2) is 4.79 Å². The minimum atomic E-state index is -1.07. The number of ether oxygens (including phenoxy) is 1. The summed E-state index contributed by atoms with van der Waals surface area (Å²) in [5.74, 6) is 0.815. The molecule has 2 aromatic rings. The van der Waals surface area contributed by atoms with Crippen LogP contribution in [0.1, 0.15) is 23.7 Å². The molecule has 0 fully saturated rings. The summed E-state index contributed by atoms with van der Waals surface area (Å²) in [6, 6.07) is 9.44. The molecule has 1 aliphatic rings. The molecular formula is C18H19IN2O4. The number of benzene rings is 1. The van der Waals surface area contributed by atoms with Gasteiger partial charge in [-0.1, -0.05) is 6.07 Å². The lowest BCUT2D eigenvalue weighted by molar-refractivity contribution is 0.0656. The van der Waals surface area contributed by atoms with Crippen LogP contribution in [0.4, 0.5) is 4.79 Å². The maximum Gasteiger partial charge on any atom is 0.407 e. The molecule has 1 amide bonds. The van der Waals surface area contributed by atoms with Gasteiger partial charge in [-0.3, -0.25) is 4.98 Å². The second kappa shape index (κ2) is 8.01. The third-order valence-electron chi connectivity index (χ3n) is 4.21. The van der Waals surface area contributed by atoms with E-state index >= 15 is 0 Å². The van der Waals surface area contributed by atoms with E-state index in [1.165, 1.54) is 4.90 Å². The molecule has 0 aliphatic carbocycles. The summed E-state index contributed by atoms with van der Waals surface area (Å²) >= 11 is 2.26. The van der Waals surface area contributed by atoms with E-state index in [-0.39, 0.29) is 19.2 Å². The van der Waals surface area contributed by atoms with Gasteiger partial charge in [-0.05, 0) is 65.3 Å². The van der Waals surface area contributed by atoms with Crippen LogP contribution < -0.4 is 4.74 Å². The maximum absolute atomic E-state index is 11.6. The molecule has 2 N–H and O–H groups in total. The predicted molar refractivity (Wildman–Crippen MR) is 101 cm³/mol. The Morgan fingerprint density at radius 3 is 3.00 bits per heavy atom. The molecule has 1 unspecified atom stereocenters.